The third-order valence-corrected chi connectivity index (χ3v) is 4.10. The highest BCUT2D eigenvalue weighted by atomic mass is 35.5. The Morgan fingerprint density at radius 3 is 2.90 bits per heavy atom. The van der Waals surface area contributed by atoms with Crippen molar-refractivity contribution >= 4 is 17.3 Å². The molecule has 0 spiro atoms. The summed E-state index contributed by atoms with van der Waals surface area (Å²) in [4.78, 5) is 2.45. The first-order chi connectivity index (χ1) is 10.3. The molecule has 1 aliphatic rings. The van der Waals surface area contributed by atoms with Gasteiger partial charge in [0, 0.05) is 37.6 Å². The first kappa shape index (κ1) is 14.4. The number of benzene rings is 1. The van der Waals surface area contributed by atoms with E-state index in [1.807, 2.05) is 10.9 Å². The van der Waals surface area contributed by atoms with Gasteiger partial charge in [0.05, 0.1) is 11.2 Å². The van der Waals surface area contributed by atoms with Crippen molar-refractivity contribution in [1.82, 2.24) is 15.1 Å². The molecule has 3 rings (SSSR count). The molecule has 1 saturated heterocycles. The van der Waals surface area contributed by atoms with Crippen LogP contribution in [0.2, 0.25) is 5.02 Å². The maximum absolute atomic E-state index is 5.85. The largest absolute Gasteiger partial charge is 0.370 e. The van der Waals surface area contributed by atoms with Gasteiger partial charge in [0.2, 0.25) is 0 Å². The van der Waals surface area contributed by atoms with Gasteiger partial charge in [0.1, 0.15) is 0 Å². The van der Waals surface area contributed by atoms with Crippen LogP contribution in [0.4, 0.5) is 5.69 Å². The molecule has 1 aliphatic heterocycles. The van der Waals surface area contributed by atoms with Crippen LogP contribution in [0.25, 0.3) is 0 Å². The number of rotatable bonds is 6. The summed E-state index contributed by atoms with van der Waals surface area (Å²) in [5.74, 6) is 0. The molecule has 1 fully saturated rings. The Morgan fingerprint density at radius 1 is 1.29 bits per heavy atom. The summed E-state index contributed by atoms with van der Waals surface area (Å²) >= 11 is 5.85. The highest BCUT2D eigenvalue weighted by Gasteiger charge is 2.21. The van der Waals surface area contributed by atoms with Crippen LogP contribution < -0.4 is 10.2 Å². The number of para-hydroxylation sites is 1. The summed E-state index contributed by atoms with van der Waals surface area (Å²) in [7, 11) is 0. The van der Waals surface area contributed by atoms with E-state index in [2.05, 4.69) is 45.6 Å². The van der Waals surface area contributed by atoms with E-state index >= 15 is 0 Å². The highest BCUT2D eigenvalue weighted by molar-refractivity contribution is 6.30. The number of nitrogens with one attached hydrogen (secondary N) is 1. The molecular weight excluding hydrogens is 284 g/mol. The first-order valence-corrected chi connectivity index (χ1v) is 7.90. The van der Waals surface area contributed by atoms with E-state index < -0.39 is 0 Å². The van der Waals surface area contributed by atoms with E-state index in [9.17, 15) is 0 Å². The fourth-order valence-corrected chi connectivity index (χ4v) is 2.96. The molecule has 1 unspecified atom stereocenters. The minimum absolute atomic E-state index is 0.589. The normalized spacial score (nSPS) is 18.3. The molecule has 112 valence electrons. The molecule has 1 N–H and O–H groups in total. The molecule has 0 bridgehead atoms. The first-order valence-electron chi connectivity index (χ1n) is 7.52. The van der Waals surface area contributed by atoms with Gasteiger partial charge in [-0.3, -0.25) is 4.68 Å². The molecule has 0 amide bonds. The smallest absolute Gasteiger partial charge is 0.0785 e. The second-order valence-electron chi connectivity index (χ2n) is 5.50. The van der Waals surface area contributed by atoms with Crippen molar-refractivity contribution in [2.24, 2.45) is 0 Å². The third-order valence-electron chi connectivity index (χ3n) is 3.91. The predicted octanol–water partition coefficient (Wildman–Crippen LogP) is 2.80. The molecule has 2 heterocycles. The van der Waals surface area contributed by atoms with Gasteiger partial charge >= 0.3 is 0 Å². The van der Waals surface area contributed by atoms with Crippen LogP contribution in [0.15, 0.2) is 42.7 Å². The number of aryl methyl sites for hydroxylation is 1. The average Bonchev–Trinajstić information content (AvgIpc) is 3.14. The monoisotopic (exact) mass is 304 g/mol. The summed E-state index contributed by atoms with van der Waals surface area (Å²) in [6.07, 6.45) is 5.83. The molecule has 1 aromatic carbocycles. The third kappa shape index (κ3) is 3.99. The van der Waals surface area contributed by atoms with Crippen molar-refractivity contribution < 1.29 is 0 Å². The number of nitrogens with zero attached hydrogens (tertiary/aromatic N) is 3. The van der Waals surface area contributed by atoms with E-state index in [0.717, 1.165) is 32.6 Å². The minimum atomic E-state index is 0.589. The average molecular weight is 305 g/mol. The molecule has 2 aromatic rings. The number of hydrogen-bond donors (Lipinski definition) is 1. The molecule has 1 atom stereocenters. The SMILES string of the molecule is Clc1cnn(CCCNC2CCN(c3ccccc3)C2)c1. The Balaban J connectivity index is 1.37. The standard InChI is InChI=1S/C16H21ClN4/c17-14-11-19-21(12-14)9-4-8-18-15-7-10-20(13-15)16-5-2-1-3-6-16/h1-3,5-6,11-12,15,18H,4,7-10,13H2. The van der Waals surface area contributed by atoms with Gasteiger partial charge < -0.3 is 10.2 Å². The van der Waals surface area contributed by atoms with Gasteiger partial charge in [-0.2, -0.15) is 5.10 Å². The predicted molar refractivity (Wildman–Crippen MR) is 86.9 cm³/mol. The van der Waals surface area contributed by atoms with Crippen molar-refractivity contribution in [2.75, 3.05) is 24.5 Å². The minimum Gasteiger partial charge on any atom is -0.370 e. The quantitative estimate of drug-likeness (QED) is 0.833. The number of anilines is 1. The van der Waals surface area contributed by atoms with Crippen molar-refractivity contribution in [3.63, 3.8) is 0 Å². The molecular formula is C16H21ClN4. The van der Waals surface area contributed by atoms with Gasteiger partial charge in [-0.1, -0.05) is 29.8 Å². The zero-order valence-corrected chi connectivity index (χ0v) is 12.8. The van der Waals surface area contributed by atoms with Gasteiger partial charge in [0.25, 0.3) is 0 Å². The van der Waals surface area contributed by atoms with Gasteiger partial charge in [-0.15, -0.1) is 0 Å². The van der Waals surface area contributed by atoms with Crippen molar-refractivity contribution in [2.45, 2.75) is 25.4 Å². The van der Waals surface area contributed by atoms with Gasteiger partial charge in [-0.25, -0.2) is 0 Å². The van der Waals surface area contributed by atoms with Crippen LogP contribution in [-0.4, -0.2) is 35.5 Å². The summed E-state index contributed by atoms with van der Waals surface area (Å²) in [5.41, 5.74) is 1.33. The number of hydrogen-bond acceptors (Lipinski definition) is 3. The lowest BCUT2D eigenvalue weighted by molar-refractivity contribution is 0.498. The Hall–Kier alpha value is -1.52. The zero-order chi connectivity index (χ0) is 14.5. The number of aromatic nitrogens is 2. The van der Waals surface area contributed by atoms with Crippen LogP contribution in [0.1, 0.15) is 12.8 Å². The Kier molecular flexibility index (Phi) is 4.78. The summed E-state index contributed by atoms with van der Waals surface area (Å²) in [6, 6.07) is 11.2. The molecule has 5 heteroatoms. The fraction of sp³-hybridized carbons (Fsp3) is 0.438. The maximum atomic E-state index is 5.85. The fourth-order valence-electron chi connectivity index (χ4n) is 2.81. The van der Waals surface area contributed by atoms with Gasteiger partial charge in [-0.05, 0) is 31.5 Å². The Labute approximate surface area is 130 Å². The maximum Gasteiger partial charge on any atom is 0.0785 e. The lowest BCUT2D eigenvalue weighted by atomic mass is 10.2. The van der Waals surface area contributed by atoms with Crippen molar-refractivity contribution in [3.8, 4) is 0 Å². The van der Waals surface area contributed by atoms with Crippen molar-refractivity contribution in [1.29, 1.82) is 0 Å². The molecule has 1 aromatic heterocycles. The van der Waals surface area contributed by atoms with E-state index in [1.165, 1.54) is 12.1 Å². The van der Waals surface area contributed by atoms with Crippen LogP contribution in [-0.2, 0) is 6.54 Å². The summed E-state index contributed by atoms with van der Waals surface area (Å²) < 4.78 is 1.90. The molecule has 21 heavy (non-hydrogen) atoms. The lowest BCUT2D eigenvalue weighted by Crippen LogP contribution is -2.33. The van der Waals surface area contributed by atoms with E-state index in [4.69, 9.17) is 11.6 Å². The second kappa shape index (κ2) is 6.96. The molecule has 0 aliphatic carbocycles. The number of halogens is 1. The Morgan fingerprint density at radius 2 is 2.14 bits per heavy atom. The van der Waals surface area contributed by atoms with Crippen molar-refractivity contribution in [3.05, 3.63) is 47.7 Å². The van der Waals surface area contributed by atoms with E-state index in [-0.39, 0.29) is 0 Å². The summed E-state index contributed by atoms with van der Waals surface area (Å²) in [6.45, 7) is 4.16. The highest BCUT2D eigenvalue weighted by Crippen LogP contribution is 2.19. The lowest BCUT2D eigenvalue weighted by Gasteiger charge is -2.19. The zero-order valence-electron chi connectivity index (χ0n) is 12.1. The van der Waals surface area contributed by atoms with E-state index in [1.54, 1.807) is 6.20 Å². The second-order valence-corrected chi connectivity index (χ2v) is 5.93. The van der Waals surface area contributed by atoms with Crippen LogP contribution in [0, 0.1) is 0 Å². The van der Waals surface area contributed by atoms with Crippen LogP contribution in [0.3, 0.4) is 0 Å². The molecule has 0 radical (unpaired) electrons. The summed E-state index contributed by atoms with van der Waals surface area (Å²) in [5, 5.41) is 8.53. The van der Waals surface area contributed by atoms with Gasteiger partial charge in [0.15, 0.2) is 0 Å². The van der Waals surface area contributed by atoms with E-state index in [0.29, 0.717) is 11.1 Å². The topological polar surface area (TPSA) is 33.1 Å². The molecule has 0 saturated carbocycles. The Bertz CT molecular complexity index is 554. The van der Waals surface area contributed by atoms with Crippen LogP contribution >= 0.6 is 11.6 Å². The van der Waals surface area contributed by atoms with Crippen LogP contribution in [0.5, 0.6) is 0 Å². The molecule has 4 nitrogen and oxygen atoms in total.